The summed E-state index contributed by atoms with van der Waals surface area (Å²) in [5.74, 6) is 2.06. The minimum Gasteiger partial charge on any atom is -0.343 e. The number of amides is 2. The first-order valence-electron chi connectivity index (χ1n) is 5.81. The van der Waals surface area contributed by atoms with Crippen molar-refractivity contribution in [3.63, 3.8) is 0 Å². The first kappa shape index (κ1) is 12.2. The molecular weight excluding hydrogens is 228 g/mol. The second kappa shape index (κ2) is 5.37. The summed E-state index contributed by atoms with van der Waals surface area (Å²) in [6.07, 6.45) is 5.77. The molecule has 0 bridgehead atoms. The van der Waals surface area contributed by atoms with Crippen LogP contribution in [0.3, 0.4) is 0 Å². The molecule has 0 aromatic heterocycles. The number of nitrogens with zero attached hydrogens (tertiary/aromatic N) is 1. The molecular formula is C14H14N2O2. The van der Waals surface area contributed by atoms with Gasteiger partial charge < -0.3 is 10.2 Å². The van der Waals surface area contributed by atoms with Crippen molar-refractivity contribution in [1.82, 2.24) is 10.2 Å². The Hall–Kier alpha value is -2.28. The summed E-state index contributed by atoms with van der Waals surface area (Å²) in [5, 5.41) is 2.60. The van der Waals surface area contributed by atoms with Crippen LogP contribution in [0.2, 0.25) is 0 Å². The van der Waals surface area contributed by atoms with Gasteiger partial charge in [0.05, 0.1) is 6.54 Å². The lowest BCUT2D eigenvalue weighted by Crippen LogP contribution is -2.58. The summed E-state index contributed by atoms with van der Waals surface area (Å²) < 4.78 is 0. The monoisotopic (exact) mass is 242 g/mol. The second-order valence-corrected chi connectivity index (χ2v) is 4.09. The Labute approximate surface area is 106 Å². The van der Waals surface area contributed by atoms with Crippen LogP contribution in [-0.2, 0) is 4.79 Å². The summed E-state index contributed by atoms with van der Waals surface area (Å²) in [5.41, 5.74) is 0.604. The molecule has 0 saturated carbocycles. The highest BCUT2D eigenvalue weighted by Crippen LogP contribution is 2.20. The number of terminal acetylenes is 1. The molecule has 0 spiro atoms. The first-order chi connectivity index (χ1) is 8.74. The van der Waals surface area contributed by atoms with E-state index in [1.807, 2.05) is 6.07 Å². The molecule has 1 fully saturated rings. The van der Waals surface area contributed by atoms with E-state index in [9.17, 15) is 9.59 Å². The maximum Gasteiger partial charge on any atom is 0.254 e. The predicted molar refractivity (Wildman–Crippen MR) is 67.7 cm³/mol. The zero-order valence-corrected chi connectivity index (χ0v) is 9.93. The van der Waals surface area contributed by atoms with Crippen LogP contribution in [0, 0.1) is 12.3 Å². The lowest BCUT2D eigenvalue weighted by Gasteiger charge is -2.39. The van der Waals surface area contributed by atoms with Crippen LogP contribution in [0.1, 0.15) is 16.8 Å². The van der Waals surface area contributed by atoms with Gasteiger partial charge in [-0.1, -0.05) is 24.1 Å². The third-order valence-electron chi connectivity index (χ3n) is 2.97. The molecule has 1 heterocycles. The van der Waals surface area contributed by atoms with Gasteiger partial charge in [0.2, 0.25) is 5.91 Å². The van der Waals surface area contributed by atoms with E-state index in [-0.39, 0.29) is 24.4 Å². The standard InChI is InChI=1S/C14H14N2O2/c1-2-9-15-13(17)12-8-10-16(12)14(18)11-6-4-3-5-7-11/h1,3-7,12H,8-10H2,(H,15,17). The summed E-state index contributed by atoms with van der Waals surface area (Å²) in [6, 6.07) is 8.57. The normalized spacial score (nSPS) is 17.5. The molecule has 1 aromatic rings. The number of rotatable bonds is 3. The van der Waals surface area contributed by atoms with Crippen molar-refractivity contribution in [2.45, 2.75) is 12.5 Å². The van der Waals surface area contributed by atoms with Gasteiger partial charge in [0, 0.05) is 12.1 Å². The van der Waals surface area contributed by atoms with E-state index in [2.05, 4.69) is 11.2 Å². The number of carbonyl (C=O) groups excluding carboxylic acids is 2. The zero-order chi connectivity index (χ0) is 13.0. The molecule has 0 radical (unpaired) electrons. The average molecular weight is 242 g/mol. The Bertz CT molecular complexity index is 490. The SMILES string of the molecule is C#CCNC(=O)C1CCN1C(=O)c1ccccc1. The number of hydrogen-bond acceptors (Lipinski definition) is 2. The van der Waals surface area contributed by atoms with E-state index >= 15 is 0 Å². The molecule has 1 unspecified atom stereocenters. The Kier molecular flexibility index (Phi) is 3.63. The van der Waals surface area contributed by atoms with Crippen molar-refractivity contribution in [3.8, 4) is 12.3 Å². The van der Waals surface area contributed by atoms with E-state index in [1.165, 1.54) is 0 Å². The van der Waals surface area contributed by atoms with E-state index in [4.69, 9.17) is 6.42 Å². The molecule has 0 aliphatic carbocycles. The largest absolute Gasteiger partial charge is 0.343 e. The van der Waals surface area contributed by atoms with Crippen molar-refractivity contribution in [2.75, 3.05) is 13.1 Å². The lowest BCUT2D eigenvalue weighted by atomic mass is 10.0. The van der Waals surface area contributed by atoms with Gasteiger partial charge in [0.1, 0.15) is 6.04 Å². The molecule has 1 aliphatic heterocycles. The van der Waals surface area contributed by atoms with Gasteiger partial charge in [-0.15, -0.1) is 6.42 Å². The number of likely N-dealkylation sites (tertiary alicyclic amines) is 1. The van der Waals surface area contributed by atoms with E-state index in [0.29, 0.717) is 18.5 Å². The smallest absolute Gasteiger partial charge is 0.254 e. The molecule has 1 atom stereocenters. The van der Waals surface area contributed by atoms with Crippen LogP contribution in [0.4, 0.5) is 0 Å². The lowest BCUT2D eigenvalue weighted by molar-refractivity contribution is -0.128. The molecule has 2 amide bonds. The van der Waals surface area contributed by atoms with Crippen molar-refractivity contribution in [3.05, 3.63) is 35.9 Å². The number of benzene rings is 1. The summed E-state index contributed by atoms with van der Waals surface area (Å²) in [6.45, 7) is 0.810. The Balaban J connectivity index is 2.00. The fourth-order valence-corrected chi connectivity index (χ4v) is 1.91. The van der Waals surface area contributed by atoms with Gasteiger partial charge in [-0.2, -0.15) is 0 Å². The highest BCUT2D eigenvalue weighted by molar-refractivity contribution is 5.98. The van der Waals surface area contributed by atoms with Crippen LogP contribution in [0.15, 0.2) is 30.3 Å². The number of hydrogen-bond donors (Lipinski definition) is 1. The Morgan fingerprint density at radius 2 is 2.11 bits per heavy atom. The second-order valence-electron chi connectivity index (χ2n) is 4.09. The molecule has 1 aromatic carbocycles. The van der Waals surface area contributed by atoms with Crippen LogP contribution < -0.4 is 5.32 Å². The maximum atomic E-state index is 12.1. The van der Waals surface area contributed by atoms with E-state index in [0.717, 1.165) is 0 Å². The summed E-state index contributed by atoms with van der Waals surface area (Å²) >= 11 is 0. The molecule has 92 valence electrons. The van der Waals surface area contributed by atoms with Crippen LogP contribution in [0.25, 0.3) is 0 Å². The minimum absolute atomic E-state index is 0.109. The molecule has 4 nitrogen and oxygen atoms in total. The van der Waals surface area contributed by atoms with E-state index in [1.54, 1.807) is 29.2 Å². The topological polar surface area (TPSA) is 49.4 Å². The molecule has 1 aliphatic rings. The van der Waals surface area contributed by atoms with Crippen LogP contribution >= 0.6 is 0 Å². The quantitative estimate of drug-likeness (QED) is 0.791. The maximum absolute atomic E-state index is 12.1. The van der Waals surface area contributed by atoms with Crippen molar-refractivity contribution >= 4 is 11.8 Å². The van der Waals surface area contributed by atoms with E-state index < -0.39 is 0 Å². The van der Waals surface area contributed by atoms with Gasteiger partial charge >= 0.3 is 0 Å². The molecule has 1 saturated heterocycles. The highest BCUT2D eigenvalue weighted by atomic mass is 16.2. The molecule has 18 heavy (non-hydrogen) atoms. The van der Waals surface area contributed by atoms with Gasteiger partial charge in [-0.3, -0.25) is 9.59 Å². The third-order valence-corrected chi connectivity index (χ3v) is 2.97. The molecule has 2 rings (SSSR count). The zero-order valence-electron chi connectivity index (χ0n) is 9.93. The summed E-state index contributed by atoms with van der Waals surface area (Å²) in [4.78, 5) is 25.4. The van der Waals surface area contributed by atoms with Crippen molar-refractivity contribution in [2.24, 2.45) is 0 Å². The fourth-order valence-electron chi connectivity index (χ4n) is 1.91. The Morgan fingerprint density at radius 3 is 2.67 bits per heavy atom. The van der Waals surface area contributed by atoms with Crippen LogP contribution in [-0.4, -0.2) is 35.8 Å². The highest BCUT2D eigenvalue weighted by Gasteiger charge is 2.37. The summed E-state index contributed by atoms with van der Waals surface area (Å²) in [7, 11) is 0. The number of carbonyl (C=O) groups is 2. The average Bonchev–Trinajstić information content (AvgIpc) is 2.36. The Morgan fingerprint density at radius 1 is 1.39 bits per heavy atom. The van der Waals surface area contributed by atoms with Crippen LogP contribution in [0.5, 0.6) is 0 Å². The van der Waals surface area contributed by atoms with Gasteiger partial charge in [-0.05, 0) is 18.6 Å². The number of nitrogens with one attached hydrogen (secondary N) is 1. The van der Waals surface area contributed by atoms with Gasteiger partial charge in [0.25, 0.3) is 5.91 Å². The predicted octanol–water partition coefficient (Wildman–Crippen LogP) is 0.650. The third kappa shape index (κ3) is 2.35. The van der Waals surface area contributed by atoms with Gasteiger partial charge in [-0.25, -0.2) is 0 Å². The minimum atomic E-state index is -0.383. The van der Waals surface area contributed by atoms with Crippen molar-refractivity contribution in [1.29, 1.82) is 0 Å². The molecule has 4 heteroatoms. The molecule has 1 N–H and O–H groups in total. The van der Waals surface area contributed by atoms with Gasteiger partial charge in [0.15, 0.2) is 0 Å². The first-order valence-corrected chi connectivity index (χ1v) is 5.81. The van der Waals surface area contributed by atoms with Crippen molar-refractivity contribution < 1.29 is 9.59 Å². The fraction of sp³-hybridized carbons (Fsp3) is 0.286.